The van der Waals surface area contributed by atoms with E-state index in [1.165, 1.54) is 29.5 Å². The summed E-state index contributed by atoms with van der Waals surface area (Å²) in [6.45, 7) is 0. The van der Waals surface area contributed by atoms with Crippen LogP contribution >= 0.6 is 0 Å². The molecular formula is C22H23N3. The summed E-state index contributed by atoms with van der Waals surface area (Å²) >= 11 is 0. The number of benzene rings is 2. The molecule has 0 unspecified atom stereocenters. The molecule has 0 saturated heterocycles. The molecule has 0 bridgehead atoms. The van der Waals surface area contributed by atoms with E-state index in [2.05, 4.69) is 41.7 Å². The second-order valence-electron chi connectivity index (χ2n) is 7.49. The Bertz CT molecular complexity index is 943. The Morgan fingerprint density at radius 1 is 1.04 bits per heavy atom. The summed E-state index contributed by atoms with van der Waals surface area (Å²) in [4.78, 5) is 4.96. The van der Waals surface area contributed by atoms with Crippen molar-refractivity contribution in [2.75, 3.05) is 11.1 Å². The molecule has 25 heavy (non-hydrogen) atoms. The SMILES string of the molecule is Nc1cccc2nc(N[C@@H]3CCc4ccccc43)c(CC3CC3)cc12. The first-order valence-corrected chi connectivity index (χ1v) is 9.30. The van der Waals surface area contributed by atoms with Gasteiger partial charge in [0.15, 0.2) is 0 Å². The topological polar surface area (TPSA) is 50.9 Å². The number of rotatable bonds is 4. The Morgan fingerprint density at radius 2 is 1.92 bits per heavy atom. The average molecular weight is 329 g/mol. The summed E-state index contributed by atoms with van der Waals surface area (Å²) in [5.74, 6) is 1.87. The third-order valence-electron chi connectivity index (χ3n) is 5.62. The molecule has 2 aliphatic carbocycles. The highest BCUT2D eigenvalue weighted by Gasteiger charge is 2.26. The predicted molar refractivity (Wildman–Crippen MR) is 104 cm³/mol. The number of hydrogen-bond acceptors (Lipinski definition) is 3. The zero-order valence-electron chi connectivity index (χ0n) is 14.3. The number of pyridine rings is 1. The minimum Gasteiger partial charge on any atom is -0.398 e. The summed E-state index contributed by atoms with van der Waals surface area (Å²) in [5.41, 5.74) is 12.2. The van der Waals surface area contributed by atoms with E-state index in [-0.39, 0.29) is 0 Å². The Labute approximate surface area is 148 Å². The van der Waals surface area contributed by atoms with Crippen LogP contribution < -0.4 is 11.1 Å². The standard InChI is InChI=1S/C22H23N3/c23-19-6-3-7-20-18(19)13-16(12-14-8-9-14)22(24-20)25-21-11-10-15-4-1-2-5-17(15)21/h1-7,13-14,21H,8-12,23H2,(H,24,25)/t21-/m1/s1. The third kappa shape index (κ3) is 2.74. The maximum Gasteiger partial charge on any atom is 0.130 e. The van der Waals surface area contributed by atoms with Gasteiger partial charge in [-0.15, -0.1) is 0 Å². The van der Waals surface area contributed by atoms with Gasteiger partial charge in [0.05, 0.1) is 11.6 Å². The van der Waals surface area contributed by atoms with Crippen LogP contribution in [0.2, 0.25) is 0 Å². The number of nitrogen functional groups attached to an aromatic ring is 1. The molecule has 0 amide bonds. The van der Waals surface area contributed by atoms with Crippen molar-refractivity contribution < 1.29 is 0 Å². The van der Waals surface area contributed by atoms with Gasteiger partial charge in [-0.05, 0) is 72.9 Å². The largest absolute Gasteiger partial charge is 0.398 e. The lowest BCUT2D eigenvalue weighted by Crippen LogP contribution is -2.11. The molecule has 5 rings (SSSR count). The minimum absolute atomic E-state index is 0.361. The number of nitrogens with two attached hydrogens (primary N) is 1. The molecule has 0 aliphatic heterocycles. The van der Waals surface area contributed by atoms with Crippen LogP contribution in [0.4, 0.5) is 11.5 Å². The van der Waals surface area contributed by atoms with Crippen molar-refractivity contribution in [3.8, 4) is 0 Å². The van der Waals surface area contributed by atoms with E-state index in [1.807, 2.05) is 12.1 Å². The van der Waals surface area contributed by atoms with E-state index < -0.39 is 0 Å². The van der Waals surface area contributed by atoms with E-state index in [0.29, 0.717) is 6.04 Å². The highest BCUT2D eigenvalue weighted by molar-refractivity contribution is 5.92. The lowest BCUT2D eigenvalue weighted by molar-refractivity contribution is 0.750. The van der Waals surface area contributed by atoms with Gasteiger partial charge >= 0.3 is 0 Å². The first-order valence-electron chi connectivity index (χ1n) is 9.30. The van der Waals surface area contributed by atoms with E-state index in [0.717, 1.165) is 47.6 Å². The summed E-state index contributed by atoms with van der Waals surface area (Å²) < 4.78 is 0. The Balaban J connectivity index is 1.55. The quantitative estimate of drug-likeness (QED) is 0.671. The molecule has 0 radical (unpaired) electrons. The molecule has 3 nitrogen and oxygen atoms in total. The summed E-state index contributed by atoms with van der Waals surface area (Å²) in [6.07, 6.45) is 6.07. The number of aryl methyl sites for hydroxylation is 1. The van der Waals surface area contributed by atoms with Crippen LogP contribution in [-0.2, 0) is 12.8 Å². The predicted octanol–water partition coefficient (Wildman–Crippen LogP) is 4.87. The molecule has 1 fully saturated rings. The van der Waals surface area contributed by atoms with Gasteiger partial charge < -0.3 is 11.1 Å². The molecular weight excluding hydrogens is 306 g/mol. The van der Waals surface area contributed by atoms with Crippen LogP contribution in [-0.4, -0.2) is 4.98 Å². The van der Waals surface area contributed by atoms with Crippen molar-refractivity contribution >= 4 is 22.4 Å². The van der Waals surface area contributed by atoms with Crippen molar-refractivity contribution in [2.24, 2.45) is 5.92 Å². The van der Waals surface area contributed by atoms with Gasteiger partial charge in [-0.25, -0.2) is 4.98 Å². The molecule has 1 atom stereocenters. The molecule has 0 spiro atoms. The molecule has 1 heterocycles. The smallest absolute Gasteiger partial charge is 0.130 e. The fraction of sp³-hybridized carbons (Fsp3) is 0.318. The van der Waals surface area contributed by atoms with Crippen LogP contribution in [0.15, 0.2) is 48.5 Å². The Morgan fingerprint density at radius 3 is 2.80 bits per heavy atom. The van der Waals surface area contributed by atoms with Crippen molar-refractivity contribution in [3.05, 3.63) is 65.2 Å². The second-order valence-corrected chi connectivity index (χ2v) is 7.49. The summed E-state index contributed by atoms with van der Waals surface area (Å²) in [5, 5.41) is 4.84. The normalized spacial score (nSPS) is 19.1. The van der Waals surface area contributed by atoms with Crippen LogP contribution in [0.25, 0.3) is 10.9 Å². The molecule has 126 valence electrons. The van der Waals surface area contributed by atoms with Crippen LogP contribution in [0.1, 0.15) is 42.0 Å². The van der Waals surface area contributed by atoms with Crippen molar-refractivity contribution in [2.45, 2.75) is 38.1 Å². The van der Waals surface area contributed by atoms with E-state index in [4.69, 9.17) is 10.7 Å². The average Bonchev–Trinajstić information content (AvgIpc) is 3.35. The first kappa shape index (κ1) is 14.8. The van der Waals surface area contributed by atoms with Gasteiger partial charge in [0.25, 0.3) is 0 Å². The molecule has 3 heteroatoms. The fourth-order valence-electron chi connectivity index (χ4n) is 4.05. The van der Waals surface area contributed by atoms with Gasteiger partial charge in [0.2, 0.25) is 0 Å². The van der Waals surface area contributed by atoms with Gasteiger partial charge in [0, 0.05) is 11.1 Å². The third-order valence-corrected chi connectivity index (χ3v) is 5.62. The lowest BCUT2D eigenvalue weighted by Gasteiger charge is -2.19. The van der Waals surface area contributed by atoms with E-state index >= 15 is 0 Å². The van der Waals surface area contributed by atoms with Gasteiger partial charge in [-0.2, -0.15) is 0 Å². The Hall–Kier alpha value is -2.55. The molecule has 3 N–H and O–H groups in total. The molecule has 2 aliphatic rings. The molecule has 3 aromatic rings. The van der Waals surface area contributed by atoms with Gasteiger partial charge in [-0.3, -0.25) is 0 Å². The number of aromatic nitrogens is 1. The summed E-state index contributed by atoms with van der Waals surface area (Å²) in [7, 11) is 0. The highest BCUT2D eigenvalue weighted by atomic mass is 15.0. The molecule has 1 aromatic heterocycles. The Kier molecular flexibility index (Phi) is 3.40. The van der Waals surface area contributed by atoms with E-state index in [1.54, 1.807) is 0 Å². The number of nitrogens with zero attached hydrogens (tertiary/aromatic N) is 1. The minimum atomic E-state index is 0.361. The zero-order chi connectivity index (χ0) is 16.8. The van der Waals surface area contributed by atoms with Crippen molar-refractivity contribution in [1.82, 2.24) is 4.98 Å². The first-order chi connectivity index (χ1) is 12.3. The second kappa shape index (κ2) is 5.76. The monoisotopic (exact) mass is 329 g/mol. The maximum absolute atomic E-state index is 6.19. The number of fused-ring (bicyclic) bond motifs is 2. The molecule has 1 saturated carbocycles. The highest BCUT2D eigenvalue weighted by Crippen LogP contribution is 2.38. The van der Waals surface area contributed by atoms with Crippen molar-refractivity contribution in [1.29, 1.82) is 0 Å². The number of hydrogen-bond donors (Lipinski definition) is 2. The van der Waals surface area contributed by atoms with Crippen molar-refractivity contribution in [3.63, 3.8) is 0 Å². The van der Waals surface area contributed by atoms with E-state index in [9.17, 15) is 0 Å². The van der Waals surface area contributed by atoms with Gasteiger partial charge in [-0.1, -0.05) is 30.3 Å². The fourth-order valence-corrected chi connectivity index (χ4v) is 4.05. The van der Waals surface area contributed by atoms with Crippen LogP contribution in [0, 0.1) is 5.92 Å². The zero-order valence-corrected chi connectivity index (χ0v) is 14.3. The molecule has 2 aromatic carbocycles. The maximum atomic E-state index is 6.19. The van der Waals surface area contributed by atoms with Crippen LogP contribution in [0.3, 0.4) is 0 Å². The van der Waals surface area contributed by atoms with Crippen LogP contribution in [0.5, 0.6) is 0 Å². The lowest BCUT2D eigenvalue weighted by atomic mass is 10.0. The van der Waals surface area contributed by atoms with Gasteiger partial charge in [0.1, 0.15) is 5.82 Å². The number of nitrogens with one attached hydrogen (secondary N) is 1. The number of anilines is 2. The summed E-state index contributed by atoms with van der Waals surface area (Å²) in [6, 6.07) is 17.4.